The van der Waals surface area contributed by atoms with E-state index in [-0.39, 0.29) is 11.5 Å². The van der Waals surface area contributed by atoms with E-state index < -0.39 is 0 Å². The van der Waals surface area contributed by atoms with Crippen molar-refractivity contribution in [1.82, 2.24) is 0 Å². The Morgan fingerprint density at radius 2 is 2.30 bits per heavy atom. The number of aliphatic hydroxyl groups is 1. The van der Waals surface area contributed by atoms with Gasteiger partial charge in [0.25, 0.3) is 0 Å². The van der Waals surface area contributed by atoms with Crippen LogP contribution in [0.1, 0.15) is 19.3 Å². The summed E-state index contributed by atoms with van der Waals surface area (Å²) in [7, 11) is 0. The lowest BCUT2D eigenvalue weighted by Gasteiger charge is -2.15. The first-order chi connectivity index (χ1) is 4.74. The lowest BCUT2D eigenvalue weighted by atomic mass is 10.1. The largest absolute Gasteiger partial charge is 0.381 e. The molecule has 0 aromatic carbocycles. The second-order valence-corrected chi connectivity index (χ2v) is 3.92. The summed E-state index contributed by atoms with van der Waals surface area (Å²) in [5.74, 6) is 0.816. The fourth-order valence-electron chi connectivity index (χ4n) is 1.03. The van der Waals surface area contributed by atoms with E-state index >= 15 is 0 Å². The SMILES string of the molecule is CSC(O)[C@H](N)CC1CC1. The van der Waals surface area contributed by atoms with Crippen molar-refractivity contribution in [3.8, 4) is 0 Å². The molecular formula is C7H15NOS. The molecule has 1 fully saturated rings. The van der Waals surface area contributed by atoms with Crippen molar-refractivity contribution in [1.29, 1.82) is 0 Å². The van der Waals surface area contributed by atoms with Gasteiger partial charge in [-0.05, 0) is 18.6 Å². The first-order valence-corrected chi connectivity index (χ1v) is 4.99. The molecule has 0 saturated heterocycles. The first-order valence-electron chi connectivity index (χ1n) is 3.70. The highest BCUT2D eigenvalue weighted by molar-refractivity contribution is 7.99. The maximum Gasteiger partial charge on any atom is 0.114 e. The molecule has 60 valence electrons. The Balaban J connectivity index is 2.11. The number of rotatable bonds is 4. The molecule has 0 bridgehead atoms. The first kappa shape index (κ1) is 8.37. The maximum atomic E-state index is 9.24. The van der Waals surface area contributed by atoms with Crippen LogP contribution in [0.15, 0.2) is 0 Å². The number of thioether (sulfide) groups is 1. The van der Waals surface area contributed by atoms with Gasteiger partial charge in [-0.2, -0.15) is 0 Å². The van der Waals surface area contributed by atoms with Crippen LogP contribution in [0, 0.1) is 5.92 Å². The van der Waals surface area contributed by atoms with E-state index in [4.69, 9.17) is 5.73 Å². The molecule has 3 N–H and O–H groups in total. The van der Waals surface area contributed by atoms with Crippen LogP contribution >= 0.6 is 11.8 Å². The normalized spacial score (nSPS) is 24.3. The van der Waals surface area contributed by atoms with Crippen molar-refractivity contribution in [3.05, 3.63) is 0 Å². The van der Waals surface area contributed by atoms with Crippen LogP contribution in [0.25, 0.3) is 0 Å². The van der Waals surface area contributed by atoms with E-state index in [1.807, 2.05) is 6.26 Å². The number of aliphatic hydroxyl groups excluding tert-OH is 1. The predicted molar refractivity (Wildman–Crippen MR) is 44.8 cm³/mol. The summed E-state index contributed by atoms with van der Waals surface area (Å²) >= 11 is 1.43. The Hall–Kier alpha value is 0.270. The van der Waals surface area contributed by atoms with Gasteiger partial charge in [0.05, 0.1) is 0 Å². The van der Waals surface area contributed by atoms with E-state index in [0.717, 1.165) is 12.3 Å². The second kappa shape index (κ2) is 3.60. The lowest BCUT2D eigenvalue weighted by molar-refractivity contribution is 0.222. The summed E-state index contributed by atoms with van der Waals surface area (Å²) in [5, 5.41) is 9.24. The third-order valence-corrected chi connectivity index (χ3v) is 2.74. The van der Waals surface area contributed by atoms with Crippen LogP contribution in [-0.2, 0) is 0 Å². The van der Waals surface area contributed by atoms with Gasteiger partial charge >= 0.3 is 0 Å². The molecule has 1 unspecified atom stereocenters. The quantitative estimate of drug-likeness (QED) is 0.599. The summed E-state index contributed by atoms with van der Waals surface area (Å²) in [5.41, 5.74) is 5.34. The molecule has 1 saturated carbocycles. The van der Waals surface area contributed by atoms with Crippen LogP contribution in [0.4, 0.5) is 0 Å². The highest BCUT2D eigenvalue weighted by atomic mass is 32.2. The Labute approximate surface area is 66.2 Å². The zero-order valence-corrected chi connectivity index (χ0v) is 7.10. The minimum atomic E-state index is -0.361. The zero-order chi connectivity index (χ0) is 7.56. The smallest absolute Gasteiger partial charge is 0.114 e. The highest BCUT2D eigenvalue weighted by Gasteiger charge is 2.26. The van der Waals surface area contributed by atoms with Crippen molar-refractivity contribution in [2.24, 2.45) is 11.7 Å². The summed E-state index contributed by atoms with van der Waals surface area (Å²) in [6.07, 6.45) is 5.52. The van der Waals surface area contributed by atoms with Crippen molar-refractivity contribution < 1.29 is 5.11 Å². The maximum absolute atomic E-state index is 9.24. The van der Waals surface area contributed by atoms with Gasteiger partial charge in [0.2, 0.25) is 0 Å². The number of hydrogen-bond acceptors (Lipinski definition) is 3. The average molecular weight is 161 g/mol. The Kier molecular flexibility index (Phi) is 3.01. The standard InChI is InChI=1S/C7H15NOS/c1-10-7(9)6(8)4-5-2-3-5/h5-7,9H,2-4,8H2,1H3/t6-,7?/m1/s1. The Morgan fingerprint density at radius 1 is 1.70 bits per heavy atom. The molecule has 1 rings (SSSR count). The molecule has 0 aromatic rings. The van der Waals surface area contributed by atoms with Gasteiger partial charge < -0.3 is 10.8 Å². The lowest BCUT2D eigenvalue weighted by Crippen LogP contribution is -2.32. The zero-order valence-electron chi connectivity index (χ0n) is 6.29. The Bertz CT molecular complexity index is 106. The fourth-order valence-corrected chi connectivity index (χ4v) is 1.49. The number of hydrogen-bond donors (Lipinski definition) is 2. The minimum absolute atomic E-state index is 0.0116. The molecule has 0 heterocycles. The molecule has 0 spiro atoms. The van der Waals surface area contributed by atoms with Crippen molar-refractivity contribution >= 4 is 11.8 Å². The molecule has 2 nitrogen and oxygen atoms in total. The van der Waals surface area contributed by atoms with Crippen molar-refractivity contribution in [2.75, 3.05) is 6.26 Å². The molecule has 0 aromatic heterocycles. The van der Waals surface area contributed by atoms with E-state index in [0.29, 0.717) is 0 Å². The topological polar surface area (TPSA) is 46.2 Å². The van der Waals surface area contributed by atoms with Gasteiger partial charge in [0.1, 0.15) is 5.44 Å². The molecule has 1 aliphatic carbocycles. The highest BCUT2D eigenvalue weighted by Crippen LogP contribution is 2.34. The molecule has 10 heavy (non-hydrogen) atoms. The molecule has 3 heteroatoms. The van der Waals surface area contributed by atoms with Gasteiger partial charge in [-0.25, -0.2) is 0 Å². The molecular weight excluding hydrogens is 146 g/mol. The second-order valence-electron chi connectivity index (χ2n) is 2.97. The van der Waals surface area contributed by atoms with E-state index in [2.05, 4.69) is 0 Å². The van der Waals surface area contributed by atoms with Gasteiger partial charge in [0.15, 0.2) is 0 Å². The van der Waals surface area contributed by atoms with Crippen LogP contribution in [0.2, 0.25) is 0 Å². The van der Waals surface area contributed by atoms with Crippen LogP contribution in [0.3, 0.4) is 0 Å². The van der Waals surface area contributed by atoms with Crippen molar-refractivity contribution in [2.45, 2.75) is 30.7 Å². The number of nitrogens with two attached hydrogens (primary N) is 1. The van der Waals surface area contributed by atoms with Crippen LogP contribution < -0.4 is 5.73 Å². The average Bonchev–Trinajstić information content (AvgIpc) is 2.70. The summed E-state index contributed by atoms with van der Waals surface area (Å²) in [6, 6.07) is -0.0116. The van der Waals surface area contributed by atoms with E-state index in [1.165, 1.54) is 24.6 Å². The van der Waals surface area contributed by atoms with Gasteiger partial charge in [-0.1, -0.05) is 12.8 Å². The van der Waals surface area contributed by atoms with E-state index in [1.54, 1.807) is 0 Å². The fraction of sp³-hybridized carbons (Fsp3) is 1.00. The third-order valence-electron chi connectivity index (χ3n) is 1.91. The van der Waals surface area contributed by atoms with Crippen molar-refractivity contribution in [3.63, 3.8) is 0 Å². The summed E-state index contributed by atoms with van der Waals surface area (Å²) in [6.45, 7) is 0. The molecule has 0 aliphatic heterocycles. The molecule has 0 radical (unpaired) electrons. The van der Waals surface area contributed by atoms with Gasteiger partial charge in [-0.3, -0.25) is 0 Å². The van der Waals surface area contributed by atoms with Gasteiger partial charge in [-0.15, -0.1) is 11.8 Å². The summed E-state index contributed by atoms with van der Waals surface area (Å²) in [4.78, 5) is 0. The monoisotopic (exact) mass is 161 g/mol. The van der Waals surface area contributed by atoms with Crippen LogP contribution in [-0.4, -0.2) is 22.8 Å². The summed E-state index contributed by atoms with van der Waals surface area (Å²) < 4.78 is 0. The van der Waals surface area contributed by atoms with Crippen LogP contribution in [0.5, 0.6) is 0 Å². The molecule has 0 amide bonds. The minimum Gasteiger partial charge on any atom is -0.381 e. The Morgan fingerprint density at radius 3 is 2.70 bits per heavy atom. The third kappa shape index (κ3) is 2.48. The van der Waals surface area contributed by atoms with Gasteiger partial charge in [0, 0.05) is 6.04 Å². The molecule has 2 atom stereocenters. The van der Waals surface area contributed by atoms with E-state index in [9.17, 15) is 5.11 Å². The molecule has 1 aliphatic rings. The predicted octanol–water partition coefficient (Wildman–Crippen LogP) is 0.795.